The number of hydrogen-bond donors (Lipinski definition) is 2. The van der Waals surface area contributed by atoms with Crippen molar-refractivity contribution in [2.45, 2.75) is 78.2 Å². The van der Waals surface area contributed by atoms with Crippen molar-refractivity contribution < 1.29 is 23.9 Å². The first-order chi connectivity index (χ1) is 12.2. The molecule has 0 bridgehead atoms. The first kappa shape index (κ1) is 22.6. The molecular weight excluding hydrogens is 352 g/mol. The van der Waals surface area contributed by atoms with Crippen molar-refractivity contribution in [1.82, 2.24) is 14.9 Å². The highest BCUT2D eigenvalue weighted by Crippen LogP contribution is 2.10. The SMILES string of the molecule is C[C@H](NC(=O)[C@@H](N)Cc1cn(C(=O)OC(C)(C)C)cn1)C(=O)OC(C)(C)C. The Morgan fingerprint density at radius 3 is 2.22 bits per heavy atom. The molecule has 0 radical (unpaired) electrons. The Morgan fingerprint density at radius 2 is 1.70 bits per heavy atom. The molecule has 0 aromatic carbocycles. The second-order valence-electron chi connectivity index (χ2n) is 8.33. The van der Waals surface area contributed by atoms with E-state index in [9.17, 15) is 14.4 Å². The predicted molar refractivity (Wildman–Crippen MR) is 99.0 cm³/mol. The van der Waals surface area contributed by atoms with Crippen LogP contribution in [0.2, 0.25) is 0 Å². The van der Waals surface area contributed by atoms with E-state index in [1.54, 1.807) is 41.5 Å². The van der Waals surface area contributed by atoms with E-state index in [1.807, 2.05) is 0 Å². The third kappa shape index (κ3) is 8.21. The molecule has 1 aromatic rings. The average Bonchev–Trinajstić information content (AvgIpc) is 2.92. The third-order valence-corrected chi connectivity index (χ3v) is 3.13. The van der Waals surface area contributed by atoms with Crippen molar-refractivity contribution in [3.63, 3.8) is 0 Å². The maximum Gasteiger partial charge on any atom is 0.419 e. The molecule has 0 aliphatic rings. The molecule has 1 heterocycles. The highest BCUT2D eigenvalue weighted by molar-refractivity contribution is 5.87. The molecule has 0 fully saturated rings. The Hall–Kier alpha value is -2.42. The number of carbonyl (C=O) groups is 3. The fraction of sp³-hybridized carbons (Fsp3) is 0.667. The monoisotopic (exact) mass is 382 g/mol. The van der Waals surface area contributed by atoms with Gasteiger partial charge in [-0.15, -0.1) is 0 Å². The molecule has 1 amide bonds. The van der Waals surface area contributed by atoms with E-state index in [0.717, 1.165) is 0 Å². The maximum absolute atomic E-state index is 12.2. The summed E-state index contributed by atoms with van der Waals surface area (Å²) in [6, 6.07) is -1.76. The van der Waals surface area contributed by atoms with Crippen molar-refractivity contribution >= 4 is 18.0 Å². The number of imidazole rings is 1. The molecule has 0 saturated heterocycles. The van der Waals surface area contributed by atoms with E-state index < -0.39 is 41.3 Å². The molecule has 0 saturated carbocycles. The Bertz CT molecular complexity index is 685. The standard InChI is InChI=1S/C18H30N4O5/c1-11(15(24)26-17(2,3)4)21-14(23)13(19)8-12-9-22(10-20-12)16(25)27-18(5,6)7/h9-11,13H,8,19H2,1-7H3,(H,21,23)/t11-,13-/m0/s1. The van der Waals surface area contributed by atoms with Crippen LogP contribution in [0.15, 0.2) is 12.5 Å². The van der Waals surface area contributed by atoms with Crippen LogP contribution in [0.1, 0.15) is 54.2 Å². The number of aromatic nitrogens is 2. The topological polar surface area (TPSA) is 126 Å². The highest BCUT2D eigenvalue weighted by Gasteiger charge is 2.25. The van der Waals surface area contributed by atoms with Gasteiger partial charge >= 0.3 is 12.1 Å². The van der Waals surface area contributed by atoms with Gasteiger partial charge in [0.15, 0.2) is 0 Å². The van der Waals surface area contributed by atoms with Crippen LogP contribution in [0.3, 0.4) is 0 Å². The van der Waals surface area contributed by atoms with Gasteiger partial charge in [0.1, 0.15) is 23.6 Å². The van der Waals surface area contributed by atoms with E-state index in [1.165, 1.54) is 24.0 Å². The summed E-state index contributed by atoms with van der Waals surface area (Å²) in [7, 11) is 0. The zero-order valence-corrected chi connectivity index (χ0v) is 17.0. The zero-order chi connectivity index (χ0) is 21.0. The van der Waals surface area contributed by atoms with Crippen LogP contribution in [-0.2, 0) is 25.5 Å². The van der Waals surface area contributed by atoms with Crippen LogP contribution in [0.25, 0.3) is 0 Å². The van der Waals surface area contributed by atoms with Gasteiger partial charge in [-0.1, -0.05) is 0 Å². The van der Waals surface area contributed by atoms with E-state index in [4.69, 9.17) is 15.2 Å². The lowest BCUT2D eigenvalue weighted by molar-refractivity contribution is -0.158. The molecule has 0 aliphatic heterocycles. The molecule has 1 rings (SSSR count). The van der Waals surface area contributed by atoms with E-state index in [0.29, 0.717) is 5.69 Å². The summed E-state index contributed by atoms with van der Waals surface area (Å²) in [6.45, 7) is 12.0. The number of nitrogens with zero attached hydrogens (tertiary/aromatic N) is 2. The number of ether oxygens (including phenoxy) is 2. The molecule has 0 aliphatic carbocycles. The van der Waals surface area contributed by atoms with Crippen LogP contribution < -0.4 is 11.1 Å². The van der Waals surface area contributed by atoms with Gasteiger partial charge in [-0.2, -0.15) is 0 Å². The summed E-state index contributed by atoms with van der Waals surface area (Å²) in [6.07, 6.45) is 2.29. The van der Waals surface area contributed by atoms with Gasteiger partial charge in [0.2, 0.25) is 5.91 Å². The van der Waals surface area contributed by atoms with Gasteiger partial charge < -0.3 is 20.5 Å². The molecule has 27 heavy (non-hydrogen) atoms. The Kier molecular flexibility index (Phi) is 7.13. The van der Waals surface area contributed by atoms with Crippen molar-refractivity contribution in [3.8, 4) is 0 Å². The van der Waals surface area contributed by atoms with Crippen LogP contribution in [0.4, 0.5) is 4.79 Å². The lowest BCUT2D eigenvalue weighted by Crippen LogP contribution is -2.49. The zero-order valence-electron chi connectivity index (χ0n) is 17.0. The number of rotatable bonds is 5. The summed E-state index contributed by atoms with van der Waals surface area (Å²) in [5.41, 5.74) is 5.06. The molecule has 9 nitrogen and oxygen atoms in total. The van der Waals surface area contributed by atoms with E-state index in [-0.39, 0.29) is 6.42 Å². The number of nitrogens with one attached hydrogen (secondary N) is 1. The van der Waals surface area contributed by atoms with Crippen molar-refractivity contribution in [1.29, 1.82) is 0 Å². The Labute approximate surface area is 159 Å². The number of amides is 1. The normalized spacial score (nSPS) is 14.2. The second-order valence-corrected chi connectivity index (χ2v) is 8.33. The lowest BCUT2D eigenvalue weighted by Gasteiger charge is -2.23. The number of esters is 1. The summed E-state index contributed by atoms with van der Waals surface area (Å²) in [5, 5.41) is 2.52. The fourth-order valence-electron chi connectivity index (χ4n) is 1.97. The van der Waals surface area contributed by atoms with Crippen molar-refractivity contribution in [2.75, 3.05) is 0 Å². The highest BCUT2D eigenvalue weighted by atomic mass is 16.6. The second kappa shape index (κ2) is 8.51. The summed E-state index contributed by atoms with van der Waals surface area (Å²) >= 11 is 0. The maximum atomic E-state index is 12.2. The Balaban J connectivity index is 2.61. The molecular formula is C18H30N4O5. The molecule has 2 atom stereocenters. The summed E-state index contributed by atoms with van der Waals surface area (Å²) in [5.74, 6) is -1.06. The van der Waals surface area contributed by atoms with Gasteiger partial charge in [0.25, 0.3) is 0 Å². The fourth-order valence-corrected chi connectivity index (χ4v) is 1.97. The van der Waals surface area contributed by atoms with Crippen LogP contribution in [0.5, 0.6) is 0 Å². The minimum Gasteiger partial charge on any atom is -0.458 e. The number of nitrogens with two attached hydrogens (primary N) is 1. The molecule has 3 N–H and O–H groups in total. The molecule has 0 unspecified atom stereocenters. The van der Waals surface area contributed by atoms with Crippen LogP contribution in [0, 0.1) is 0 Å². The van der Waals surface area contributed by atoms with E-state index >= 15 is 0 Å². The largest absolute Gasteiger partial charge is 0.458 e. The van der Waals surface area contributed by atoms with Gasteiger partial charge in [-0.3, -0.25) is 4.79 Å². The number of carbonyl (C=O) groups excluding carboxylic acids is 3. The quantitative estimate of drug-likeness (QED) is 0.737. The number of hydrogen-bond acceptors (Lipinski definition) is 7. The van der Waals surface area contributed by atoms with Gasteiger partial charge in [0.05, 0.1) is 11.7 Å². The Morgan fingerprint density at radius 1 is 1.15 bits per heavy atom. The first-order valence-electron chi connectivity index (χ1n) is 8.73. The van der Waals surface area contributed by atoms with Gasteiger partial charge in [-0.05, 0) is 48.5 Å². The van der Waals surface area contributed by atoms with Gasteiger partial charge in [0, 0.05) is 12.6 Å². The predicted octanol–water partition coefficient (Wildman–Crippen LogP) is 1.38. The smallest absolute Gasteiger partial charge is 0.419 e. The first-order valence-corrected chi connectivity index (χ1v) is 8.73. The van der Waals surface area contributed by atoms with Crippen molar-refractivity contribution in [2.24, 2.45) is 5.73 Å². The summed E-state index contributed by atoms with van der Waals surface area (Å²) < 4.78 is 11.6. The van der Waals surface area contributed by atoms with Crippen LogP contribution in [-0.4, -0.2) is 50.8 Å². The average molecular weight is 382 g/mol. The molecule has 0 spiro atoms. The van der Waals surface area contributed by atoms with Gasteiger partial charge in [-0.25, -0.2) is 19.1 Å². The third-order valence-electron chi connectivity index (χ3n) is 3.13. The minimum absolute atomic E-state index is 0.0999. The van der Waals surface area contributed by atoms with Crippen LogP contribution >= 0.6 is 0 Å². The van der Waals surface area contributed by atoms with E-state index in [2.05, 4.69) is 10.3 Å². The minimum atomic E-state index is -0.933. The molecule has 1 aromatic heterocycles. The van der Waals surface area contributed by atoms with Crippen molar-refractivity contribution in [3.05, 3.63) is 18.2 Å². The molecule has 9 heteroatoms. The lowest BCUT2D eigenvalue weighted by atomic mass is 10.1. The summed E-state index contributed by atoms with van der Waals surface area (Å²) in [4.78, 5) is 40.1. The molecule has 152 valence electrons.